The van der Waals surface area contributed by atoms with Gasteiger partial charge in [-0.3, -0.25) is 9.59 Å². The summed E-state index contributed by atoms with van der Waals surface area (Å²) in [5, 5.41) is 9.80. The molecule has 0 spiro atoms. The molecule has 1 aromatic rings. The third-order valence-corrected chi connectivity index (χ3v) is 2.93. The second-order valence-electron chi connectivity index (χ2n) is 4.53. The Kier molecular flexibility index (Phi) is 4.84. The van der Waals surface area contributed by atoms with Crippen LogP contribution in [0.2, 0.25) is 0 Å². The van der Waals surface area contributed by atoms with Gasteiger partial charge in [-0.25, -0.2) is 5.43 Å². The van der Waals surface area contributed by atoms with E-state index < -0.39 is 0 Å². The van der Waals surface area contributed by atoms with Crippen molar-refractivity contribution in [3.05, 3.63) is 29.8 Å². The summed E-state index contributed by atoms with van der Waals surface area (Å²) in [6, 6.07) is 7.64. The van der Waals surface area contributed by atoms with E-state index in [2.05, 4.69) is 21.2 Å². The fraction of sp³-hybridized carbons (Fsp3) is 0.357. The van der Waals surface area contributed by atoms with Crippen molar-refractivity contribution >= 4 is 23.2 Å². The Bertz CT molecular complexity index is 540. The summed E-state index contributed by atoms with van der Waals surface area (Å²) in [6.07, 6.45) is 0.668. The van der Waals surface area contributed by atoms with Crippen LogP contribution in [0.4, 0.5) is 5.69 Å². The van der Waals surface area contributed by atoms with Crippen molar-refractivity contribution in [2.75, 3.05) is 11.9 Å². The molecule has 0 fully saturated rings. The highest BCUT2D eigenvalue weighted by atomic mass is 16.2. The monoisotopic (exact) mass is 274 g/mol. The third kappa shape index (κ3) is 3.89. The van der Waals surface area contributed by atoms with E-state index in [-0.39, 0.29) is 11.8 Å². The topological polar surface area (TPSA) is 82.6 Å². The number of rotatable bonds is 5. The number of amides is 2. The van der Waals surface area contributed by atoms with Crippen molar-refractivity contribution in [3.63, 3.8) is 0 Å². The maximum atomic E-state index is 12.0. The molecule has 0 radical (unpaired) electrons. The Morgan fingerprint density at radius 3 is 2.95 bits per heavy atom. The molecule has 1 aliphatic heterocycles. The van der Waals surface area contributed by atoms with Gasteiger partial charge in [-0.05, 0) is 24.2 Å². The largest absolute Gasteiger partial charge is 0.321 e. The summed E-state index contributed by atoms with van der Waals surface area (Å²) < 4.78 is 0. The van der Waals surface area contributed by atoms with Crippen molar-refractivity contribution < 1.29 is 9.59 Å². The molecule has 3 N–H and O–H groups in total. The molecule has 1 aromatic carbocycles. The second kappa shape index (κ2) is 6.81. The number of benzene rings is 1. The van der Waals surface area contributed by atoms with Crippen LogP contribution in [0.15, 0.2) is 29.4 Å². The highest BCUT2D eigenvalue weighted by Gasteiger charge is 2.18. The molecule has 0 saturated carbocycles. The van der Waals surface area contributed by atoms with Gasteiger partial charge in [0.1, 0.15) is 5.71 Å². The minimum atomic E-state index is -0.273. The summed E-state index contributed by atoms with van der Waals surface area (Å²) in [7, 11) is 0. The highest BCUT2D eigenvalue weighted by Crippen LogP contribution is 2.11. The molecule has 2 amide bonds. The van der Waals surface area contributed by atoms with Crippen LogP contribution in [0.3, 0.4) is 0 Å². The maximum Gasteiger partial charge on any atom is 0.271 e. The lowest BCUT2D eigenvalue weighted by atomic mass is 10.1. The molecule has 0 unspecified atom stereocenters. The molecular weight excluding hydrogens is 256 g/mol. The fourth-order valence-electron chi connectivity index (χ4n) is 1.87. The van der Waals surface area contributed by atoms with Crippen LogP contribution in [-0.2, 0) is 16.1 Å². The first-order chi connectivity index (χ1) is 9.69. The van der Waals surface area contributed by atoms with E-state index in [1.54, 1.807) is 0 Å². The Labute approximate surface area is 117 Å². The number of nitrogens with zero attached hydrogens (tertiary/aromatic N) is 1. The van der Waals surface area contributed by atoms with Crippen molar-refractivity contribution in [1.82, 2.24) is 10.7 Å². The van der Waals surface area contributed by atoms with Gasteiger partial charge in [0.15, 0.2) is 0 Å². The van der Waals surface area contributed by atoms with Crippen molar-refractivity contribution in [3.8, 4) is 0 Å². The van der Waals surface area contributed by atoms with Crippen molar-refractivity contribution in [1.29, 1.82) is 0 Å². The molecule has 2 rings (SSSR count). The average molecular weight is 274 g/mol. The summed E-state index contributed by atoms with van der Waals surface area (Å²) >= 11 is 0. The van der Waals surface area contributed by atoms with Gasteiger partial charge in [0, 0.05) is 25.1 Å². The predicted molar refractivity (Wildman–Crippen MR) is 77.3 cm³/mol. The van der Waals surface area contributed by atoms with Crippen LogP contribution in [-0.4, -0.2) is 24.1 Å². The molecule has 0 saturated heterocycles. The Hall–Kier alpha value is -2.21. The summed E-state index contributed by atoms with van der Waals surface area (Å²) in [4.78, 5) is 23.0. The van der Waals surface area contributed by atoms with Crippen LogP contribution in [0.1, 0.15) is 25.3 Å². The summed E-state index contributed by atoms with van der Waals surface area (Å²) in [5.41, 5.74) is 4.49. The summed E-state index contributed by atoms with van der Waals surface area (Å²) in [6.45, 7) is 3.70. The molecule has 0 atom stereocenters. The number of anilines is 1. The maximum absolute atomic E-state index is 12.0. The quantitative estimate of drug-likeness (QED) is 0.749. The number of carbonyl (C=O) groups is 2. The van der Waals surface area contributed by atoms with E-state index in [9.17, 15) is 9.59 Å². The Balaban J connectivity index is 1.99. The minimum Gasteiger partial charge on any atom is -0.321 e. The van der Waals surface area contributed by atoms with Crippen LogP contribution < -0.4 is 16.1 Å². The van der Waals surface area contributed by atoms with Crippen LogP contribution >= 0.6 is 0 Å². The van der Waals surface area contributed by atoms with Crippen molar-refractivity contribution in [2.24, 2.45) is 5.10 Å². The Morgan fingerprint density at radius 2 is 2.25 bits per heavy atom. The van der Waals surface area contributed by atoms with E-state index >= 15 is 0 Å². The lowest BCUT2D eigenvalue weighted by molar-refractivity contribution is -0.121. The molecule has 1 heterocycles. The van der Waals surface area contributed by atoms with E-state index in [0.29, 0.717) is 18.6 Å². The first-order valence-electron chi connectivity index (χ1n) is 6.65. The average Bonchev–Trinajstić information content (AvgIpc) is 2.46. The predicted octanol–water partition coefficient (Wildman–Crippen LogP) is 1.00. The zero-order valence-electron chi connectivity index (χ0n) is 11.4. The lowest BCUT2D eigenvalue weighted by Crippen LogP contribution is -2.32. The number of nitrogens with one attached hydrogen (secondary N) is 3. The normalized spacial score (nSPS) is 14.4. The first-order valence-corrected chi connectivity index (χ1v) is 6.65. The molecule has 106 valence electrons. The Morgan fingerprint density at radius 1 is 1.40 bits per heavy atom. The van der Waals surface area contributed by atoms with Crippen molar-refractivity contribution in [2.45, 2.75) is 26.3 Å². The first kappa shape index (κ1) is 14.2. The number of carbonyl (C=O) groups excluding carboxylic acids is 2. The zero-order valence-corrected chi connectivity index (χ0v) is 11.4. The lowest BCUT2D eigenvalue weighted by Gasteiger charge is -2.12. The van der Waals surface area contributed by atoms with Gasteiger partial charge in [0.05, 0.1) is 0 Å². The zero-order chi connectivity index (χ0) is 14.4. The number of hydrogen-bond acceptors (Lipinski definition) is 4. The molecule has 6 nitrogen and oxygen atoms in total. The van der Waals surface area contributed by atoms with Gasteiger partial charge in [-0.1, -0.05) is 19.1 Å². The molecule has 0 aromatic heterocycles. The SMILES string of the molecule is CCNCc1cccc(NC(=O)C2=NNC(=O)CC2)c1. The molecule has 1 aliphatic rings. The molecule has 0 bridgehead atoms. The molecular formula is C14H18N4O2. The van der Waals surface area contributed by atoms with Gasteiger partial charge >= 0.3 is 0 Å². The van der Waals surface area contributed by atoms with Crippen LogP contribution in [0.5, 0.6) is 0 Å². The molecule has 20 heavy (non-hydrogen) atoms. The smallest absolute Gasteiger partial charge is 0.271 e. The highest BCUT2D eigenvalue weighted by molar-refractivity contribution is 6.43. The van der Waals surface area contributed by atoms with Crippen LogP contribution in [0, 0.1) is 0 Å². The van der Waals surface area contributed by atoms with Crippen LogP contribution in [0.25, 0.3) is 0 Å². The minimum absolute atomic E-state index is 0.158. The second-order valence-corrected chi connectivity index (χ2v) is 4.53. The molecule has 0 aliphatic carbocycles. The number of hydrazone groups is 1. The third-order valence-electron chi connectivity index (χ3n) is 2.93. The molecule has 6 heteroatoms. The van der Waals surface area contributed by atoms with E-state index in [4.69, 9.17) is 0 Å². The van der Waals surface area contributed by atoms with Gasteiger partial charge < -0.3 is 10.6 Å². The van der Waals surface area contributed by atoms with Gasteiger partial charge in [-0.2, -0.15) is 5.10 Å². The van der Waals surface area contributed by atoms with Gasteiger partial charge in [-0.15, -0.1) is 0 Å². The van der Waals surface area contributed by atoms with E-state index in [0.717, 1.165) is 24.3 Å². The standard InChI is InChI=1S/C14H18N4O2/c1-2-15-9-10-4-3-5-11(8-10)16-14(20)12-6-7-13(19)18-17-12/h3-5,8,15H,2,6-7,9H2,1H3,(H,16,20)(H,18,19). The van der Waals surface area contributed by atoms with E-state index in [1.807, 2.05) is 31.2 Å². The van der Waals surface area contributed by atoms with Gasteiger partial charge in [0.25, 0.3) is 5.91 Å². The van der Waals surface area contributed by atoms with E-state index in [1.165, 1.54) is 0 Å². The van der Waals surface area contributed by atoms with Gasteiger partial charge in [0.2, 0.25) is 5.91 Å². The summed E-state index contributed by atoms with van der Waals surface area (Å²) in [5.74, 6) is -0.431. The fourth-order valence-corrected chi connectivity index (χ4v) is 1.87. The number of hydrogen-bond donors (Lipinski definition) is 3.